The molecule has 108 valence electrons. The normalized spacial score (nSPS) is 22.1. The SMILES string of the molecule is CC(C(=O)O)C(C)C(=O)N1CCN(C)C(=O)C1(C)C. The highest BCUT2D eigenvalue weighted by molar-refractivity contribution is 5.93. The van der Waals surface area contributed by atoms with Crippen molar-refractivity contribution in [2.45, 2.75) is 33.2 Å². The molecular formula is C13H22N2O4. The molecule has 1 rings (SSSR count). The standard InChI is InChI=1S/C13H22N2O4/c1-8(9(2)11(17)18)10(16)15-7-6-14(5)12(19)13(15,3)4/h8-9H,6-7H2,1-5H3,(H,17,18). The van der Waals surface area contributed by atoms with Crippen molar-refractivity contribution in [3.8, 4) is 0 Å². The molecule has 0 radical (unpaired) electrons. The Hall–Kier alpha value is -1.59. The first kappa shape index (κ1) is 15.5. The third-order valence-electron chi connectivity index (χ3n) is 4.00. The summed E-state index contributed by atoms with van der Waals surface area (Å²) in [5.74, 6) is -2.81. The molecule has 1 heterocycles. The minimum Gasteiger partial charge on any atom is -0.481 e. The summed E-state index contributed by atoms with van der Waals surface area (Å²) in [4.78, 5) is 38.6. The van der Waals surface area contributed by atoms with Gasteiger partial charge in [0.1, 0.15) is 5.54 Å². The fourth-order valence-corrected chi connectivity index (χ4v) is 2.27. The molecule has 6 heteroatoms. The number of nitrogens with zero attached hydrogens (tertiary/aromatic N) is 2. The number of carboxylic acid groups (broad SMARTS) is 1. The molecule has 1 fully saturated rings. The molecule has 0 spiro atoms. The molecule has 0 aromatic rings. The number of aliphatic carboxylic acids is 1. The molecule has 0 aromatic heterocycles. The molecule has 1 aliphatic heterocycles. The number of hydrogen-bond donors (Lipinski definition) is 1. The van der Waals surface area contributed by atoms with Crippen LogP contribution in [0.5, 0.6) is 0 Å². The third-order valence-corrected chi connectivity index (χ3v) is 4.00. The third kappa shape index (κ3) is 2.72. The molecule has 19 heavy (non-hydrogen) atoms. The summed E-state index contributed by atoms with van der Waals surface area (Å²) in [6, 6.07) is 0. The van der Waals surface area contributed by atoms with Crippen LogP contribution in [0, 0.1) is 11.8 Å². The number of carboxylic acids is 1. The number of piperazine rings is 1. The molecule has 0 bridgehead atoms. The summed E-state index contributed by atoms with van der Waals surface area (Å²) in [6.07, 6.45) is 0. The summed E-state index contributed by atoms with van der Waals surface area (Å²) >= 11 is 0. The highest BCUT2D eigenvalue weighted by Crippen LogP contribution is 2.25. The largest absolute Gasteiger partial charge is 0.481 e. The van der Waals surface area contributed by atoms with Crippen molar-refractivity contribution in [2.75, 3.05) is 20.1 Å². The van der Waals surface area contributed by atoms with E-state index in [9.17, 15) is 14.4 Å². The van der Waals surface area contributed by atoms with Crippen molar-refractivity contribution < 1.29 is 19.5 Å². The van der Waals surface area contributed by atoms with Gasteiger partial charge in [-0.2, -0.15) is 0 Å². The van der Waals surface area contributed by atoms with Crippen molar-refractivity contribution >= 4 is 17.8 Å². The van der Waals surface area contributed by atoms with Gasteiger partial charge in [0.25, 0.3) is 0 Å². The number of rotatable bonds is 3. The number of carbonyl (C=O) groups is 3. The van der Waals surface area contributed by atoms with E-state index in [1.54, 1.807) is 32.7 Å². The van der Waals surface area contributed by atoms with Crippen LogP contribution in [0.3, 0.4) is 0 Å². The Morgan fingerprint density at radius 1 is 1.21 bits per heavy atom. The summed E-state index contributed by atoms with van der Waals surface area (Å²) in [5, 5.41) is 8.98. The van der Waals surface area contributed by atoms with Crippen LogP contribution in [-0.2, 0) is 14.4 Å². The Morgan fingerprint density at radius 3 is 2.21 bits per heavy atom. The van der Waals surface area contributed by atoms with E-state index >= 15 is 0 Å². The second-order valence-electron chi connectivity index (χ2n) is 5.69. The lowest BCUT2D eigenvalue weighted by Crippen LogP contribution is -2.64. The summed E-state index contributed by atoms with van der Waals surface area (Å²) in [7, 11) is 1.70. The summed E-state index contributed by atoms with van der Waals surface area (Å²) in [5.41, 5.74) is -0.920. The number of amides is 2. The molecule has 2 unspecified atom stereocenters. The van der Waals surface area contributed by atoms with Gasteiger partial charge in [-0.1, -0.05) is 13.8 Å². The first-order valence-corrected chi connectivity index (χ1v) is 6.40. The summed E-state index contributed by atoms with van der Waals surface area (Å²) in [6.45, 7) is 7.41. The van der Waals surface area contributed by atoms with Crippen LogP contribution in [0.4, 0.5) is 0 Å². The zero-order valence-corrected chi connectivity index (χ0v) is 12.1. The van der Waals surface area contributed by atoms with Crippen LogP contribution in [0.2, 0.25) is 0 Å². The highest BCUT2D eigenvalue weighted by atomic mass is 16.4. The second kappa shape index (κ2) is 5.19. The molecule has 0 aliphatic carbocycles. The Morgan fingerprint density at radius 2 is 1.74 bits per heavy atom. The van der Waals surface area contributed by atoms with Crippen molar-refractivity contribution in [3.63, 3.8) is 0 Å². The Kier molecular flexibility index (Phi) is 4.22. The van der Waals surface area contributed by atoms with Crippen molar-refractivity contribution in [3.05, 3.63) is 0 Å². The van der Waals surface area contributed by atoms with Crippen LogP contribution in [0.25, 0.3) is 0 Å². The van der Waals surface area contributed by atoms with Crippen LogP contribution in [-0.4, -0.2) is 58.4 Å². The lowest BCUT2D eigenvalue weighted by Gasteiger charge is -2.45. The average molecular weight is 270 g/mol. The predicted octanol–water partition coefficient (Wildman–Crippen LogP) is 0.422. The molecular weight excluding hydrogens is 248 g/mol. The van der Waals surface area contributed by atoms with E-state index in [0.717, 1.165) is 0 Å². The maximum absolute atomic E-state index is 12.4. The average Bonchev–Trinajstić information content (AvgIpc) is 2.33. The Bertz CT molecular complexity index is 405. The van der Waals surface area contributed by atoms with Gasteiger partial charge in [-0.05, 0) is 13.8 Å². The maximum atomic E-state index is 12.4. The highest BCUT2D eigenvalue weighted by Gasteiger charge is 2.45. The first-order valence-electron chi connectivity index (χ1n) is 6.40. The van der Waals surface area contributed by atoms with Gasteiger partial charge in [0.2, 0.25) is 11.8 Å². The van der Waals surface area contributed by atoms with Gasteiger partial charge in [-0.3, -0.25) is 14.4 Å². The molecule has 6 nitrogen and oxygen atoms in total. The zero-order valence-electron chi connectivity index (χ0n) is 12.1. The molecule has 1 N–H and O–H groups in total. The topological polar surface area (TPSA) is 77.9 Å². The number of carbonyl (C=O) groups excluding carboxylic acids is 2. The maximum Gasteiger partial charge on any atom is 0.307 e. The van der Waals surface area contributed by atoms with Crippen LogP contribution in [0.15, 0.2) is 0 Å². The van der Waals surface area contributed by atoms with Gasteiger partial charge in [0.05, 0.1) is 5.92 Å². The fourth-order valence-electron chi connectivity index (χ4n) is 2.27. The molecule has 0 saturated carbocycles. The van der Waals surface area contributed by atoms with Crippen molar-refractivity contribution in [2.24, 2.45) is 11.8 Å². The van der Waals surface area contributed by atoms with Gasteiger partial charge < -0.3 is 14.9 Å². The van der Waals surface area contributed by atoms with Gasteiger partial charge >= 0.3 is 5.97 Å². The minimum absolute atomic E-state index is 0.123. The predicted molar refractivity (Wildman–Crippen MR) is 69.4 cm³/mol. The molecule has 2 amide bonds. The number of hydrogen-bond acceptors (Lipinski definition) is 3. The Balaban J connectivity index is 2.93. The molecule has 0 aromatic carbocycles. The summed E-state index contributed by atoms with van der Waals surface area (Å²) < 4.78 is 0. The van der Waals surface area contributed by atoms with Gasteiger partial charge in [0, 0.05) is 26.1 Å². The smallest absolute Gasteiger partial charge is 0.307 e. The lowest BCUT2D eigenvalue weighted by molar-refractivity contribution is -0.162. The zero-order chi connectivity index (χ0) is 15.0. The molecule has 1 aliphatic rings. The van der Waals surface area contributed by atoms with Crippen molar-refractivity contribution in [1.29, 1.82) is 0 Å². The van der Waals surface area contributed by atoms with E-state index in [2.05, 4.69) is 0 Å². The van der Waals surface area contributed by atoms with E-state index < -0.39 is 23.3 Å². The van der Waals surface area contributed by atoms with E-state index in [1.165, 1.54) is 11.8 Å². The lowest BCUT2D eigenvalue weighted by atomic mass is 9.90. The fraction of sp³-hybridized carbons (Fsp3) is 0.769. The van der Waals surface area contributed by atoms with Crippen molar-refractivity contribution in [1.82, 2.24) is 9.80 Å². The minimum atomic E-state index is -1.00. The van der Waals surface area contributed by atoms with E-state index in [4.69, 9.17) is 5.11 Å². The van der Waals surface area contributed by atoms with Crippen LogP contribution < -0.4 is 0 Å². The first-order chi connectivity index (χ1) is 8.60. The van der Waals surface area contributed by atoms with E-state index in [-0.39, 0.29) is 11.8 Å². The van der Waals surface area contributed by atoms with Crippen LogP contribution >= 0.6 is 0 Å². The van der Waals surface area contributed by atoms with Gasteiger partial charge in [-0.15, -0.1) is 0 Å². The second-order valence-corrected chi connectivity index (χ2v) is 5.69. The molecule has 1 saturated heterocycles. The van der Waals surface area contributed by atoms with Gasteiger partial charge in [0.15, 0.2) is 0 Å². The number of likely N-dealkylation sites (N-methyl/N-ethyl adjacent to an activating group) is 1. The van der Waals surface area contributed by atoms with Crippen LogP contribution in [0.1, 0.15) is 27.7 Å². The molecule has 2 atom stereocenters. The van der Waals surface area contributed by atoms with Gasteiger partial charge in [-0.25, -0.2) is 0 Å². The van der Waals surface area contributed by atoms with E-state index in [0.29, 0.717) is 13.1 Å². The van der Waals surface area contributed by atoms with E-state index in [1.807, 2.05) is 0 Å². The quantitative estimate of drug-likeness (QED) is 0.806. The monoisotopic (exact) mass is 270 g/mol. The Labute approximate surface area is 113 Å².